The zero-order chi connectivity index (χ0) is 15.3. The molecule has 0 saturated carbocycles. The highest BCUT2D eigenvalue weighted by Gasteiger charge is 2.36. The van der Waals surface area contributed by atoms with Crippen molar-refractivity contribution in [1.29, 1.82) is 0 Å². The molecule has 0 amide bonds. The van der Waals surface area contributed by atoms with Crippen LogP contribution in [0.1, 0.15) is 33.1 Å². The molecule has 5 nitrogen and oxygen atoms in total. The third-order valence-electron chi connectivity index (χ3n) is 3.98. The van der Waals surface area contributed by atoms with Crippen LogP contribution in [0.25, 0.3) is 0 Å². The summed E-state index contributed by atoms with van der Waals surface area (Å²) in [6.45, 7) is 5.97. The maximum atomic E-state index is 12.0. The van der Waals surface area contributed by atoms with Crippen LogP contribution in [0.15, 0.2) is 21.7 Å². The molecule has 1 saturated heterocycles. The van der Waals surface area contributed by atoms with Gasteiger partial charge in [0.2, 0.25) is 10.0 Å². The minimum atomic E-state index is -3.35. The second-order valence-corrected chi connectivity index (χ2v) is 8.46. The van der Waals surface area contributed by atoms with Crippen molar-refractivity contribution in [3.8, 4) is 0 Å². The van der Waals surface area contributed by atoms with Gasteiger partial charge in [-0.1, -0.05) is 19.9 Å². The first-order chi connectivity index (χ1) is 9.98. The van der Waals surface area contributed by atoms with Gasteiger partial charge < -0.3 is 9.47 Å². The maximum absolute atomic E-state index is 12.0. The van der Waals surface area contributed by atoms with E-state index in [1.54, 1.807) is 17.5 Å². The van der Waals surface area contributed by atoms with Gasteiger partial charge in [-0.2, -0.15) is 0 Å². The standard InChI is InChI=1S/C14H23NO4S2/c1-3-14(2,13-18-9-10-19-13)7-5-8-15-21(16,17)12-6-4-11-20-12/h4,6,11,13,15H,3,5,7-10H2,1-2H3/t14-/m1/s1. The van der Waals surface area contributed by atoms with Gasteiger partial charge in [-0.3, -0.25) is 0 Å². The smallest absolute Gasteiger partial charge is 0.250 e. The van der Waals surface area contributed by atoms with Crippen molar-refractivity contribution in [2.75, 3.05) is 19.8 Å². The highest BCUT2D eigenvalue weighted by atomic mass is 32.2. The minimum Gasteiger partial charge on any atom is -0.350 e. The zero-order valence-electron chi connectivity index (χ0n) is 12.5. The van der Waals surface area contributed by atoms with E-state index in [9.17, 15) is 8.42 Å². The van der Waals surface area contributed by atoms with Crippen LogP contribution >= 0.6 is 11.3 Å². The molecular weight excluding hydrogens is 310 g/mol. The Hall–Kier alpha value is -0.470. The Balaban J connectivity index is 1.81. The van der Waals surface area contributed by atoms with Gasteiger partial charge in [-0.15, -0.1) is 11.3 Å². The summed E-state index contributed by atoms with van der Waals surface area (Å²) in [5, 5.41) is 1.76. The molecule has 1 aliphatic heterocycles. The first-order valence-corrected chi connectivity index (χ1v) is 9.60. The average Bonchev–Trinajstić information content (AvgIpc) is 3.15. The fourth-order valence-corrected chi connectivity index (χ4v) is 4.52. The van der Waals surface area contributed by atoms with Crippen molar-refractivity contribution in [1.82, 2.24) is 4.72 Å². The normalized spacial score (nSPS) is 19.7. The van der Waals surface area contributed by atoms with E-state index in [1.165, 1.54) is 11.3 Å². The van der Waals surface area contributed by atoms with E-state index in [1.807, 2.05) is 0 Å². The van der Waals surface area contributed by atoms with Crippen molar-refractivity contribution >= 4 is 21.4 Å². The van der Waals surface area contributed by atoms with Crippen LogP contribution in [0.2, 0.25) is 0 Å². The number of sulfonamides is 1. The summed E-state index contributed by atoms with van der Waals surface area (Å²) in [6.07, 6.45) is 2.39. The van der Waals surface area contributed by atoms with Crippen molar-refractivity contribution in [3.05, 3.63) is 17.5 Å². The van der Waals surface area contributed by atoms with Crippen LogP contribution in [0.5, 0.6) is 0 Å². The Morgan fingerprint density at radius 2 is 2.14 bits per heavy atom. The Bertz CT molecular complexity index is 523. The summed E-state index contributed by atoms with van der Waals surface area (Å²) in [7, 11) is -3.35. The first kappa shape index (κ1) is 16.9. The first-order valence-electron chi connectivity index (χ1n) is 7.24. The summed E-state index contributed by atoms with van der Waals surface area (Å²) >= 11 is 1.23. The molecule has 1 fully saturated rings. The molecule has 1 aliphatic rings. The monoisotopic (exact) mass is 333 g/mol. The Morgan fingerprint density at radius 1 is 1.43 bits per heavy atom. The van der Waals surface area contributed by atoms with E-state index in [0.29, 0.717) is 24.0 Å². The maximum Gasteiger partial charge on any atom is 0.250 e. The number of rotatable bonds is 8. The van der Waals surface area contributed by atoms with Crippen molar-refractivity contribution in [2.24, 2.45) is 5.41 Å². The van der Waals surface area contributed by atoms with Gasteiger partial charge in [-0.05, 0) is 30.7 Å². The third-order valence-corrected chi connectivity index (χ3v) is 6.83. The molecule has 0 unspecified atom stereocenters. The summed E-state index contributed by atoms with van der Waals surface area (Å²) in [4.78, 5) is 0. The minimum absolute atomic E-state index is 0.0646. The topological polar surface area (TPSA) is 64.6 Å². The van der Waals surface area contributed by atoms with E-state index >= 15 is 0 Å². The largest absolute Gasteiger partial charge is 0.350 e. The Labute approximate surface area is 130 Å². The van der Waals surface area contributed by atoms with E-state index in [0.717, 1.165) is 19.3 Å². The van der Waals surface area contributed by atoms with Gasteiger partial charge in [0.25, 0.3) is 0 Å². The van der Waals surface area contributed by atoms with E-state index in [2.05, 4.69) is 18.6 Å². The van der Waals surface area contributed by atoms with Gasteiger partial charge in [0.05, 0.1) is 13.2 Å². The van der Waals surface area contributed by atoms with Crippen LogP contribution in [0.4, 0.5) is 0 Å². The highest BCUT2D eigenvalue weighted by Crippen LogP contribution is 2.35. The van der Waals surface area contributed by atoms with Crippen LogP contribution in [-0.4, -0.2) is 34.5 Å². The molecule has 2 heterocycles. The van der Waals surface area contributed by atoms with Gasteiger partial charge in [-0.25, -0.2) is 13.1 Å². The summed E-state index contributed by atoms with van der Waals surface area (Å²) in [6, 6.07) is 3.35. The van der Waals surface area contributed by atoms with Crippen molar-refractivity contribution < 1.29 is 17.9 Å². The quantitative estimate of drug-likeness (QED) is 0.743. The van der Waals surface area contributed by atoms with Crippen molar-refractivity contribution in [3.63, 3.8) is 0 Å². The molecular formula is C14H23NO4S2. The van der Waals surface area contributed by atoms with Crippen molar-refractivity contribution in [2.45, 2.75) is 43.6 Å². The lowest BCUT2D eigenvalue weighted by Crippen LogP contribution is -2.34. The lowest BCUT2D eigenvalue weighted by atomic mass is 9.82. The van der Waals surface area contributed by atoms with Crippen LogP contribution < -0.4 is 4.72 Å². The Kier molecular flexibility index (Phi) is 5.79. The molecule has 1 atom stereocenters. The molecule has 1 N–H and O–H groups in total. The van der Waals surface area contributed by atoms with E-state index < -0.39 is 10.0 Å². The van der Waals surface area contributed by atoms with E-state index in [-0.39, 0.29) is 11.7 Å². The van der Waals surface area contributed by atoms with Crippen LogP contribution in [0.3, 0.4) is 0 Å². The molecule has 2 rings (SSSR count). The SMILES string of the molecule is CC[C@](C)(CCCNS(=O)(=O)c1cccs1)C1OCCO1. The molecule has 21 heavy (non-hydrogen) atoms. The third kappa shape index (κ3) is 4.26. The molecule has 1 aromatic rings. The molecule has 0 aromatic carbocycles. The molecule has 0 spiro atoms. The molecule has 0 aliphatic carbocycles. The zero-order valence-corrected chi connectivity index (χ0v) is 14.1. The summed E-state index contributed by atoms with van der Waals surface area (Å²) in [5.74, 6) is 0. The second-order valence-electron chi connectivity index (χ2n) is 5.51. The number of nitrogens with one attached hydrogen (secondary N) is 1. The second kappa shape index (κ2) is 7.19. The Morgan fingerprint density at radius 3 is 2.71 bits per heavy atom. The molecule has 120 valence electrons. The fourth-order valence-electron chi connectivity index (χ4n) is 2.41. The number of thiophene rings is 1. The molecule has 0 bridgehead atoms. The fraction of sp³-hybridized carbons (Fsp3) is 0.714. The average molecular weight is 333 g/mol. The van der Waals surface area contributed by atoms with Crippen LogP contribution in [-0.2, 0) is 19.5 Å². The van der Waals surface area contributed by atoms with Crippen LogP contribution in [0, 0.1) is 5.41 Å². The summed E-state index contributed by atoms with van der Waals surface area (Å²) in [5.41, 5.74) is -0.0646. The lowest BCUT2D eigenvalue weighted by molar-refractivity contribution is -0.131. The number of ether oxygens (including phenoxy) is 2. The molecule has 7 heteroatoms. The van der Waals surface area contributed by atoms with Gasteiger partial charge in [0.15, 0.2) is 6.29 Å². The molecule has 1 aromatic heterocycles. The van der Waals surface area contributed by atoms with E-state index in [4.69, 9.17) is 9.47 Å². The van der Waals surface area contributed by atoms with Gasteiger partial charge in [0, 0.05) is 12.0 Å². The predicted octanol–water partition coefficient (Wildman–Crippen LogP) is 2.60. The molecule has 0 radical (unpaired) electrons. The highest BCUT2D eigenvalue weighted by molar-refractivity contribution is 7.91. The number of hydrogen-bond donors (Lipinski definition) is 1. The van der Waals surface area contributed by atoms with Gasteiger partial charge in [0.1, 0.15) is 4.21 Å². The predicted molar refractivity (Wildman–Crippen MR) is 82.8 cm³/mol. The lowest BCUT2D eigenvalue weighted by Gasteiger charge is -2.33. The number of hydrogen-bond acceptors (Lipinski definition) is 5. The van der Waals surface area contributed by atoms with Gasteiger partial charge >= 0.3 is 0 Å². The summed E-state index contributed by atoms with van der Waals surface area (Å²) < 4.78 is 38.2.